The summed E-state index contributed by atoms with van der Waals surface area (Å²) in [5, 5.41) is 0. The lowest BCUT2D eigenvalue weighted by Crippen LogP contribution is -2.16. The largest absolute Gasteiger partial charge is 0.162 e. The van der Waals surface area contributed by atoms with E-state index < -0.39 is 0 Å². The van der Waals surface area contributed by atoms with Crippen molar-refractivity contribution in [1.82, 2.24) is 0 Å². The van der Waals surface area contributed by atoms with Gasteiger partial charge in [0.15, 0.2) is 0 Å². The van der Waals surface area contributed by atoms with Gasteiger partial charge < -0.3 is 0 Å². The van der Waals surface area contributed by atoms with Crippen LogP contribution in [0.1, 0.15) is 20.3 Å². The second kappa shape index (κ2) is 2.77. The zero-order chi connectivity index (χ0) is 5.98. The number of rotatable bonds is 0. The van der Waals surface area contributed by atoms with Crippen molar-refractivity contribution in [1.29, 1.82) is 0 Å². The quantitative estimate of drug-likeness (QED) is 0.485. The molecule has 1 saturated heterocycles. The van der Waals surface area contributed by atoms with E-state index in [1.165, 1.54) is 17.9 Å². The minimum absolute atomic E-state index is 0.966. The molecule has 0 N–H and O–H groups in total. The Morgan fingerprint density at radius 3 is 2.38 bits per heavy atom. The number of hydrogen-bond donors (Lipinski definition) is 0. The molecule has 1 heterocycles. The summed E-state index contributed by atoms with van der Waals surface area (Å²) < 4.78 is 0. The molecule has 2 atom stereocenters. The monoisotopic (exact) mass is 130 g/mol. The van der Waals surface area contributed by atoms with Gasteiger partial charge in [0, 0.05) is 0 Å². The summed E-state index contributed by atoms with van der Waals surface area (Å²) in [4.78, 5) is 0. The molecular weight excluding hydrogens is 116 g/mol. The van der Waals surface area contributed by atoms with Gasteiger partial charge in [0.2, 0.25) is 0 Å². The fourth-order valence-electron chi connectivity index (χ4n) is 0.987. The van der Waals surface area contributed by atoms with Crippen molar-refractivity contribution in [3.05, 3.63) is 0 Å². The molecule has 0 radical (unpaired) electrons. The summed E-state index contributed by atoms with van der Waals surface area (Å²) in [6.45, 7) is 4.72. The van der Waals surface area contributed by atoms with E-state index in [0.29, 0.717) is 0 Å². The Balaban J connectivity index is 2.28. The van der Waals surface area contributed by atoms with Gasteiger partial charge in [-0.15, -0.1) is 0 Å². The molecule has 1 aliphatic rings. The van der Waals surface area contributed by atoms with Crippen LogP contribution in [-0.4, -0.2) is 11.5 Å². The molecule has 0 nitrogen and oxygen atoms in total. The highest BCUT2D eigenvalue weighted by atomic mass is 32.2. The molecular formula is C7H14S. The predicted octanol–water partition coefficient (Wildman–Crippen LogP) is 2.40. The van der Waals surface area contributed by atoms with E-state index in [1.54, 1.807) is 0 Å². The second-order valence-electron chi connectivity index (χ2n) is 2.82. The maximum atomic E-state index is 2.37. The van der Waals surface area contributed by atoms with Gasteiger partial charge in [-0.25, -0.2) is 0 Å². The van der Waals surface area contributed by atoms with Crippen molar-refractivity contribution >= 4 is 11.8 Å². The summed E-state index contributed by atoms with van der Waals surface area (Å²) in [6.07, 6.45) is 1.44. The summed E-state index contributed by atoms with van der Waals surface area (Å²) in [5.74, 6) is 4.73. The Kier molecular flexibility index (Phi) is 2.24. The van der Waals surface area contributed by atoms with Crippen LogP contribution in [0.2, 0.25) is 0 Å². The first-order valence-electron chi connectivity index (χ1n) is 3.38. The Morgan fingerprint density at radius 2 is 2.00 bits per heavy atom. The molecule has 0 aromatic carbocycles. The zero-order valence-corrected chi connectivity index (χ0v) is 6.50. The number of hydrogen-bond acceptors (Lipinski definition) is 1. The van der Waals surface area contributed by atoms with Crippen LogP contribution in [0.25, 0.3) is 0 Å². The summed E-state index contributed by atoms with van der Waals surface area (Å²) in [7, 11) is 0. The maximum absolute atomic E-state index is 2.37. The first-order chi connectivity index (χ1) is 3.80. The molecule has 0 aromatic rings. The molecule has 0 aromatic heterocycles. The molecule has 0 aliphatic carbocycles. The summed E-state index contributed by atoms with van der Waals surface area (Å²) >= 11 is 2.11. The Hall–Kier alpha value is 0.350. The highest BCUT2D eigenvalue weighted by Gasteiger charge is 2.15. The van der Waals surface area contributed by atoms with Gasteiger partial charge in [0.25, 0.3) is 0 Å². The molecule has 1 aliphatic heterocycles. The van der Waals surface area contributed by atoms with Crippen molar-refractivity contribution in [2.45, 2.75) is 20.3 Å². The first-order valence-corrected chi connectivity index (χ1v) is 4.54. The minimum Gasteiger partial charge on any atom is -0.162 e. The van der Waals surface area contributed by atoms with Crippen molar-refractivity contribution < 1.29 is 0 Å². The van der Waals surface area contributed by atoms with Crippen LogP contribution >= 0.6 is 11.8 Å². The van der Waals surface area contributed by atoms with Gasteiger partial charge in [0.1, 0.15) is 0 Å². The number of thioether (sulfide) groups is 1. The van der Waals surface area contributed by atoms with Crippen LogP contribution in [-0.2, 0) is 0 Å². The van der Waals surface area contributed by atoms with E-state index in [0.717, 1.165) is 11.8 Å². The SMILES string of the molecule is C[C@@H]1CCSC[C@H]1C. The van der Waals surface area contributed by atoms with E-state index in [2.05, 4.69) is 25.6 Å². The average molecular weight is 130 g/mol. The minimum atomic E-state index is 0.966. The van der Waals surface area contributed by atoms with E-state index in [1.807, 2.05) is 0 Å². The van der Waals surface area contributed by atoms with Crippen LogP contribution in [0.5, 0.6) is 0 Å². The first kappa shape index (κ1) is 6.47. The topological polar surface area (TPSA) is 0 Å². The lowest BCUT2D eigenvalue weighted by atomic mass is 9.95. The van der Waals surface area contributed by atoms with Crippen LogP contribution in [0.3, 0.4) is 0 Å². The lowest BCUT2D eigenvalue weighted by molar-refractivity contribution is 0.406. The van der Waals surface area contributed by atoms with Gasteiger partial charge in [-0.3, -0.25) is 0 Å². The van der Waals surface area contributed by atoms with Crippen LogP contribution in [0, 0.1) is 11.8 Å². The highest BCUT2D eigenvalue weighted by molar-refractivity contribution is 7.99. The summed E-state index contributed by atoms with van der Waals surface area (Å²) in [5.41, 5.74) is 0. The standard InChI is InChI=1S/C7H14S/c1-6-3-4-8-5-7(6)2/h6-7H,3-5H2,1-2H3/t6-,7-/m1/s1. The smallest absolute Gasteiger partial charge is 0.00392 e. The molecule has 0 bridgehead atoms. The molecule has 48 valence electrons. The fourth-order valence-corrected chi connectivity index (χ4v) is 2.39. The van der Waals surface area contributed by atoms with Gasteiger partial charge in [-0.1, -0.05) is 13.8 Å². The maximum Gasteiger partial charge on any atom is -0.00392 e. The lowest BCUT2D eigenvalue weighted by Gasteiger charge is -2.24. The third kappa shape index (κ3) is 1.41. The van der Waals surface area contributed by atoms with Gasteiger partial charge >= 0.3 is 0 Å². The van der Waals surface area contributed by atoms with Crippen molar-refractivity contribution in [3.63, 3.8) is 0 Å². The second-order valence-corrected chi connectivity index (χ2v) is 3.97. The third-order valence-corrected chi connectivity index (χ3v) is 3.36. The molecule has 0 spiro atoms. The molecule has 0 unspecified atom stereocenters. The van der Waals surface area contributed by atoms with Crippen LogP contribution < -0.4 is 0 Å². The fraction of sp³-hybridized carbons (Fsp3) is 1.00. The van der Waals surface area contributed by atoms with Crippen molar-refractivity contribution in [2.75, 3.05) is 11.5 Å². The van der Waals surface area contributed by atoms with E-state index in [4.69, 9.17) is 0 Å². The van der Waals surface area contributed by atoms with E-state index in [-0.39, 0.29) is 0 Å². The van der Waals surface area contributed by atoms with E-state index >= 15 is 0 Å². The highest BCUT2D eigenvalue weighted by Crippen LogP contribution is 2.27. The molecule has 1 fully saturated rings. The van der Waals surface area contributed by atoms with Gasteiger partial charge in [-0.2, -0.15) is 11.8 Å². The van der Waals surface area contributed by atoms with Crippen molar-refractivity contribution in [3.8, 4) is 0 Å². The van der Waals surface area contributed by atoms with Crippen LogP contribution in [0.4, 0.5) is 0 Å². The Labute approximate surface area is 56.0 Å². The van der Waals surface area contributed by atoms with Crippen molar-refractivity contribution in [2.24, 2.45) is 11.8 Å². The molecule has 0 amide bonds. The molecule has 0 saturated carbocycles. The zero-order valence-electron chi connectivity index (χ0n) is 5.68. The van der Waals surface area contributed by atoms with Gasteiger partial charge in [0.05, 0.1) is 0 Å². The predicted molar refractivity (Wildman–Crippen MR) is 40.3 cm³/mol. The third-order valence-electron chi connectivity index (χ3n) is 2.07. The van der Waals surface area contributed by atoms with Crippen LogP contribution in [0.15, 0.2) is 0 Å². The Morgan fingerprint density at radius 1 is 1.25 bits per heavy atom. The average Bonchev–Trinajstić information content (AvgIpc) is 1.77. The molecule has 8 heavy (non-hydrogen) atoms. The molecule has 1 heteroatoms. The Bertz CT molecular complexity index is 60.8. The normalized spacial score (nSPS) is 39.8. The summed E-state index contributed by atoms with van der Waals surface area (Å²) in [6, 6.07) is 0. The van der Waals surface area contributed by atoms with Gasteiger partial charge in [-0.05, 0) is 29.8 Å². The molecule has 1 rings (SSSR count). The van der Waals surface area contributed by atoms with E-state index in [9.17, 15) is 0 Å².